The van der Waals surface area contributed by atoms with Crippen LogP contribution in [0.25, 0.3) is 0 Å². The van der Waals surface area contributed by atoms with Crippen molar-refractivity contribution in [2.75, 3.05) is 20.2 Å². The van der Waals surface area contributed by atoms with Crippen LogP contribution in [-0.2, 0) is 54.3 Å². The molecule has 0 spiro atoms. The number of methoxy groups -OCH3 is 1. The molecule has 19 heteroatoms. The van der Waals surface area contributed by atoms with E-state index in [2.05, 4.69) is 36.9 Å². The monoisotopic (exact) mass is 970 g/mol. The molecule has 1 fully saturated rings. The molecule has 0 saturated carbocycles. The number of ether oxygens (including phenoxy) is 2. The first-order chi connectivity index (χ1) is 33.1. The number of hydrogen-bond acceptors (Lipinski definition) is 11. The fourth-order valence-electron chi connectivity index (χ4n) is 7.97. The molecule has 19 nitrogen and oxygen atoms in total. The topological polar surface area (TPSA) is 292 Å². The van der Waals surface area contributed by atoms with Crippen LogP contribution in [0.5, 0.6) is 0 Å². The second-order valence-corrected chi connectivity index (χ2v) is 18.2. The van der Waals surface area contributed by atoms with Gasteiger partial charge < -0.3 is 52.8 Å². The van der Waals surface area contributed by atoms with Gasteiger partial charge in [-0.1, -0.05) is 140 Å². The van der Waals surface area contributed by atoms with Crippen molar-refractivity contribution in [3.05, 3.63) is 35.9 Å². The van der Waals surface area contributed by atoms with E-state index in [0.29, 0.717) is 24.9 Å². The molecule has 1 saturated heterocycles. The van der Waals surface area contributed by atoms with Crippen LogP contribution in [0.4, 0.5) is 0 Å². The Hall–Kier alpha value is -5.75. The number of guanidine groups is 1. The number of carbonyl (C=O) groups is 8. The van der Waals surface area contributed by atoms with Gasteiger partial charge in [-0.2, -0.15) is 0 Å². The van der Waals surface area contributed by atoms with Crippen LogP contribution in [0, 0.1) is 5.92 Å². The van der Waals surface area contributed by atoms with Crippen molar-refractivity contribution in [1.29, 1.82) is 0 Å². The number of rotatable bonds is 29. The van der Waals surface area contributed by atoms with Gasteiger partial charge in [0.2, 0.25) is 35.4 Å². The maximum atomic E-state index is 14.3. The summed E-state index contributed by atoms with van der Waals surface area (Å²) in [7, 11) is 1.10. The van der Waals surface area contributed by atoms with Crippen molar-refractivity contribution in [3.8, 4) is 0 Å². The smallest absolute Gasteiger partial charge is 0.329 e. The molecule has 0 aromatic heterocycles. The molecule has 6 amide bonds. The number of cyclic esters (lactones) is 1. The number of aliphatic imine (C=N–C) groups is 1. The summed E-state index contributed by atoms with van der Waals surface area (Å²) in [4.78, 5) is 112. The van der Waals surface area contributed by atoms with E-state index in [1.165, 1.54) is 71.6 Å². The van der Waals surface area contributed by atoms with Gasteiger partial charge in [0, 0.05) is 32.9 Å². The Kier molecular flexibility index (Phi) is 29.7. The normalized spacial score (nSPS) is 20.8. The zero-order valence-corrected chi connectivity index (χ0v) is 41.9. The molecule has 0 unspecified atom stereocenters. The van der Waals surface area contributed by atoms with Gasteiger partial charge in [-0.25, -0.2) is 4.79 Å². The van der Waals surface area contributed by atoms with Crippen LogP contribution in [0.2, 0.25) is 0 Å². The predicted octanol–water partition coefficient (Wildman–Crippen LogP) is 3.64. The molecule has 1 aliphatic heterocycles. The third-order valence-electron chi connectivity index (χ3n) is 12.3. The van der Waals surface area contributed by atoms with E-state index in [1.807, 2.05) is 6.92 Å². The van der Waals surface area contributed by atoms with Crippen molar-refractivity contribution in [3.63, 3.8) is 0 Å². The summed E-state index contributed by atoms with van der Waals surface area (Å²) in [5, 5.41) is 15.9. The van der Waals surface area contributed by atoms with Crippen LogP contribution in [0.15, 0.2) is 35.3 Å². The van der Waals surface area contributed by atoms with Crippen LogP contribution >= 0.6 is 0 Å². The molecule has 1 aromatic rings. The minimum Gasteiger partial charge on any atom is -0.469 e. The van der Waals surface area contributed by atoms with Gasteiger partial charge in [0.15, 0.2) is 5.96 Å². The van der Waals surface area contributed by atoms with Gasteiger partial charge in [-0.15, -0.1) is 0 Å². The zero-order valence-electron chi connectivity index (χ0n) is 41.9. The Labute approximate surface area is 409 Å². The molecule has 0 aliphatic carbocycles. The Bertz CT molecular complexity index is 1780. The lowest BCUT2D eigenvalue weighted by molar-refractivity contribution is -0.159. The first-order valence-electron chi connectivity index (χ1n) is 25.2. The minimum absolute atomic E-state index is 0.00382. The second-order valence-electron chi connectivity index (χ2n) is 18.2. The lowest BCUT2D eigenvalue weighted by Gasteiger charge is -2.31. The van der Waals surface area contributed by atoms with Gasteiger partial charge in [0.25, 0.3) is 0 Å². The highest BCUT2D eigenvalue weighted by Crippen LogP contribution is 2.16. The van der Waals surface area contributed by atoms with Crippen LogP contribution in [0.1, 0.15) is 162 Å². The number of carbonyl (C=O) groups excluding carboxylic acids is 8. The fourth-order valence-corrected chi connectivity index (χ4v) is 7.97. The van der Waals surface area contributed by atoms with Crippen LogP contribution < -0.4 is 43.4 Å². The summed E-state index contributed by atoms with van der Waals surface area (Å²) < 4.78 is 10.5. The van der Waals surface area contributed by atoms with Crippen molar-refractivity contribution >= 4 is 53.3 Å². The van der Waals surface area contributed by atoms with Crippen LogP contribution in [0.3, 0.4) is 0 Å². The molecular weight excluding hydrogens is 887 g/mol. The Morgan fingerprint density at radius 1 is 0.725 bits per heavy atom. The molecule has 69 heavy (non-hydrogen) atoms. The second kappa shape index (κ2) is 34.5. The predicted molar refractivity (Wildman–Crippen MR) is 264 cm³/mol. The number of esters is 2. The molecule has 2 rings (SSSR count). The maximum absolute atomic E-state index is 14.3. The Balaban J connectivity index is 2.16. The number of nitrogens with one attached hydrogen (secondary N) is 6. The standard InChI is InChI=1S/C50H83N9O10/c1-6-34(2)43-47(65)55-38(29-31-53-36(4)60)45(63)57-40(33-42(62)68-5)49(67)69-35(3)44(48(66)56-39(46(64)59-43)32-37-26-22-21-23-27-37)58-41(61)28-24-19-17-15-13-11-9-7-8-10-12-14-16-18-20-25-30-54-50(51)52/h21-23,26-27,34-35,38-40,43-44H,6-20,24-25,28-33H2,1-5H3,(H,53,60)(H,55,65)(H,56,66)(H,57,63)(H,58,61)(H,59,64)(H4,51,52,54)/t34-,35-,38+,39-,40+,43+,44+/m1/s1. The molecular formula is C50H83N9O10. The van der Waals surface area contributed by atoms with Gasteiger partial charge >= 0.3 is 11.9 Å². The summed E-state index contributed by atoms with van der Waals surface area (Å²) in [5.41, 5.74) is 11.4. The maximum Gasteiger partial charge on any atom is 0.329 e. The highest BCUT2D eigenvalue weighted by molar-refractivity contribution is 5.97. The minimum atomic E-state index is -1.64. The molecule has 1 aromatic carbocycles. The first-order valence-corrected chi connectivity index (χ1v) is 25.2. The average molecular weight is 970 g/mol. The average Bonchev–Trinajstić information content (AvgIpc) is 3.31. The molecule has 388 valence electrons. The molecule has 1 aliphatic rings. The lowest BCUT2D eigenvalue weighted by atomic mass is 9.96. The van der Waals surface area contributed by atoms with Gasteiger partial charge in [0.05, 0.1) is 13.5 Å². The third kappa shape index (κ3) is 25.4. The molecule has 1 heterocycles. The van der Waals surface area contributed by atoms with E-state index < -0.39 is 90.1 Å². The summed E-state index contributed by atoms with van der Waals surface area (Å²) in [6.07, 6.45) is 16.1. The molecule has 7 atom stereocenters. The molecule has 0 bridgehead atoms. The first kappa shape index (κ1) is 59.4. The Morgan fingerprint density at radius 2 is 1.25 bits per heavy atom. The zero-order chi connectivity index (χ0) is 51.0. The van der Waals surface area contributed by atoms with Crippen LogP contribution in [-0.4, -0.2) is 110 Å². The van der Waals surface area contributed by atoms with E-state index in [0.717, 1.165) is 45.6 Å². The quantitative estimate of drug-likeness (QED) is 0.0247. The molecule has 10 N–H and O–H groups in total. The van der Waals surface area contributed by atoms with Crippen molar-refractivity contribution in [2.24, 2.45) is 22.4 Å². The fraction of sp³-hybridized carbons (Fsp3) is 0.700. The Morgan fingerprint density at radius 3 is 1.78 bits per heavy atom. The third-order valence-corrected chi connectivity index (χ3v) is 12.3. The number of nitrogens with two attached hydrogens (primary N) is 2. The van der Waals surface area contributed by atoms with Crippen molar-refractivity contribution < 1.29 is 47.8 Å². The van der Waals surface area contributed by atoms with E-state index in [-0.39, 0.29) is 37.7 Å². The van der Waals surface area contributed by atoms with E-state index >= 15 is 0 Å². The number of benzene rings is 1. The largest absolute Gasteiger partial charge is 0.469 e. The SMILES string of the molecule is CC[C@@H](C)[C@@H]1NC(=O)[C@@H](Cc2ccccc2)NC(=O)[C@@H](NC(=O)CCCCCCCCCCCCCCCCCCN=C(N)N)[C@@H](C)OC(=O)[C@H](CC(=O)OC)NC(=O)[C@H](CCNC(C)=O)NC1=O. The summed E-state index contributed by atoms with van der Waals surface area (Å²) in [6.45, 7) is 6.89. The van der Waals surface area contributed by atoms with E-state index in [4.69, 9.17) is 20.9 Å². The number of hydrogen-bond donors (Lipinski definition) is 8. The van der Waals surface area contributed by atoms with Gasteiger partial charge in [-0.3, -0.25) is 38.6 Å². The summed E-state index contributed by atoms with van der Waals surface area (Å²) in [5.74, 6) is -6.33. The lowest BCUT2D eigenvalue weighted by Crippen LogP contribution is -2.62. The summed E-state index contributed by atoms with van der Waals surface area (Å²) >= 11 is 0. The van der Waals surface area contributed by atoms with Crippen molar-refractivity contribution in [2.45, 2.75) is 199 Å². The number of amides is 6. The highest BCUT2D eigenvalue weighted by atomic mass is 16.5. The molecule has 0 radical (unpaired) electrons. The van der Waals surface area contributed by atoms with Crippen molar-refractivity contribution in [1.82, 2.24) is 31.9 Å². The van der Waals surface area contributed by atoms with E-state index in [1.54, 1.807) is 37.3 Å². The van der Waals surface area contributed by atoms with Gasteiger partial charge in [-0.05, 0) is 37.7 Å². The summed E-state index contributed by atoms with van der Waals surface area (Å²) in [6, 6.07) is 1.93. The highest BCUT2D eigenvalue weighted by Gasteiger charge is 2.38. The number of nitrogens with zero attached hydrogens (tertiary/aromatic N) is 1. The van der Waals surface area contributed by atoms with Gasteiger partial charge in [0.1, 0.15) is 36.3 Å². The number of unbranched alkanes of at least 4 members (excludes halogenated alkanes) is 15. The van der Waals surface area contributed by atoms with E-state index in [9.17, 15) is 38.4 Å².